The lowest BCUT2D eigenvalue weighted by atomic mass is 10.2. The molecule has 1 aromatic carbocycles. The molecule has 1 saturated carbocycles. The third-order valence-corrected chi connectivity index (χ3v) is 5.15. The molecular formula is C20H30N4O2. The number of carbonyl (C=O) groups is 2. The van der Waals surface area contributed by atoms with Gasteiger partial charge < -0.3 is 20.4 Å². The van der Waals surface area contributed by atoms with E-state index in [1.54, 1.807) is 0 Å². The van der Waals surface area contributed by atoms with Gasteiger partial charge in [0.15, 0.2) is 0 Å². The van der Waals surface area contributed by atoms with E-state index >= 15 is 0 Å². The lowest BCUT2D eigenvalue weighted by Gasteiger charge is -2.34. The number of hydrogen-bond acceptors (Lipinski definition) is 4. The smallest absolute Gasteiger partial charge is 0.228 e. The van der Waals surface area contributed by atoms with Crippen LogP contribution >= 0.6 is 0 Å². The predicted molar refractivity (Wildman–Crippen MR) is 104 cm³/mol. The number of amides is 2. The fourth-order valence-corrected chi connectivity index (χ4v) is 3.27. The molecule has 6 heteroatoms. The van der Waals surface area contributed by atoms with Crippen LogP contribution in [0, 0.1) is 17.8 Å². The third-order valence-electron chi connectivity index (χ3n) is 5.15. The highest BCUT2D eigenvalue weighted by Gasteiger charge is 2.47. The number of nitrogens with zero attached hydrogens (tertiary/aromatic N) is 2. The van der Waals surface area contributed by atoms with E-state index in [-0.39, 0.29) is 23.7 Å². The summed E-state index contributed by atoms with van der Waals surface area (Å²) in [5.41, 5.74) is 1.98. The van der Waals surface area contributed by atoms with Crippen molar-refractivity contribution in [1.82, 2.24) is 10.2 Å². The summed E-state index contributed by atoms with van der Waals surface area (Å²) >= 11 is 0. The zero-order chi connectivity index (χ0) is 18.7. The number of nitrogens with one attached hydrogen (secondary N) is 2. The predicted octanol–water partition coefficient (Wildman–Crippen LogP) is 1.79. The summed E-state index contributed by atoms with van der Waals surface area (Å²) < 4.78 is 0. The van der Waals surface area contributed by atoms with E-state index in [0.29, 0.717) is 18.9 Å². The van der Waals surface area contributed by atoms with E-state index < -0.39 is 0 Å². The van der Waals surface area contributed by atoms with Crippen molar-refractivity contribution >= 4 is 23.2 Å². The summed E-state index contributed by atoms with van der Waals surface area (Å²) in [4.78, 5) is 29.1. The fourth-order valence-electron chi connectivity index (χ4n) is 3.27. The van der Waals surface area contributed by atoms with E-state index in [2.05, 4.69) is 53.5 Å². The standard InChI is InChI=1S/C20H30N4O2/c1-14(2)13-21-19(25)17-12-18(17)20(26)22-15-4-6-16(7-5-15)24-10-8-23(3)9-11-24/h4-7,14,17-18H,8-13H2,1-3H3,(H,21,25)(H,22,26). The maximum absolute atomic E-state index is 12.3. The Bertz CT molecular complexity index is 636. The van der Waals surface area contributed by atoms with E-state index in [9.17, 15) is 9.59 Å². The Labute approximate surface area is 155 Å². The molecule has 0 spiro atoms. The summed E-state index contributed by atoms with van der Waals surface area (Å²) in [6.45, 7) is 8.97. The first-order valence-electron chi connectivity index (χ1n) is 9.56. The SMILES string of the molecule is CC(C)CNC(=O)C1CC1C(=O)Nc1ccc(N2CCN(C)CC2)cc1. The van der Waals surface area contributed by atoms with Crippen LogP contribution in [0.2, 0.25) is 0 Å². The van der Waals surface area contributed by atoms with Gasteiger partial charge >= 0.3 is 0 Å². The normalized spacial score (nSPS) is 23.0. The van der Waals surface area contributed by atoms with Gasteiger partial charge in [0.1, 0.15) is 0 Å². The number of hydrogen-bond donors (Lipinski definition) is 2. The molecule has 2 atom stereocenters. The van der Waals surface area contributed by atoms with Gasteiger partial charge in [-0.05, 0) is 43.7 Å². The topological polar surface area (TPSA) is 64.7 Å². The molecule has 6 nitrogen and oxygen atoms in total. The molecule has 3 rings (SSSR count). The van der Waals surface area contributed by atoms with Crippen LogP contribution < -0.4 is 15.5 Å². The van der Waals surface area contributed by atoms with Gasteiger partial charge in [-0.2, -0.15) is 0 Å². The van der Waals surface area contributed by atoms with Crippen LogP contribution in [-0.4, -0.2) is 56.5 Å². The Kier molecular flexibility index (Phi) is 5.81. The number of rotatable bonds is 6. The lowest BCUT2D eigenvalue weighted by molar-refractivity contribution is -0.125. The molecule has 142 valence electrons. The monoisotopic (exact) mass is 358 g/mol. The largest absolute Gasteiger partial charge is 0.369 e. The highest BCUT2D eigenvalue weighted by molar-refractivity contribution is 5.99. The van der Waals surface area contributed by atoms with Crippen LogP contribution in [0.15, 0.2) is 24.3 Å². The molecule has 2 aliphatic rings. The van der Waals surface area contributed by atoms with E-state index in [1.807, 2.05) is 12.1 Å². The van der Waals surface area contributed by atoms with Crippen molar-refractivity contribution in [3.63, 3.8) is 0 Å². The van der Waals surface area contributed by atoms with Crippen LogP contribution in [0.1, 0.15) is 20.3 Å². The molecule has 1 aliphatic heterocycles. The molecule has 1 aliphatic carbocycles. The maximum atomic E-state index is 12.3. The average Bonchev–Trinajstić information content (AvgIpc) is 3.42. The molecule has 2 unspecified atom stereocenters. The summed E-state index contributed by atoms with van der Waals surface area (Å²) in [6.07, 6.45) is 0.648. The van der Waals surface area contributed by atoms with Gasteiger partial charge in [0.2, 0.25) is 11.8 Å². The molecule has 2 amide bonds. The zero-order valence-electron chi connectivity index (χ0n) is 16.0. The summed E-state index contributed by atoms with van der Waals surface area (Å²) in [5.74, 6) is 0.00735. The minimum atomic E-state index is -0.195. The van der Waals surface area contributed by atoms with Crippen LogP contribution in [0.25, 0.3) is 0 Å². The van der Waals surface area contributed by atoms with E-state index in [1.165, 1.54) is 5.69 Å². The highest BCUT2D eigenvalue weighted by Crippen LogP contribution is 2.39. The Morgan fingerprint density at radius 2 is 1.65 bits per heavy atom. The fraction of sp³-hybridized carbons (Fsp3) is 0.600. The van der Waals surface area contributed by atoms with Gasteiger partial charge in [-0.25, -0.2) is 0 Å². The summed E-state index contributed by atoms with van der Waals surface area (Å²) in [5, 5.41) is 5.86. The van der Waals surface area contributed by atoms with Gasteiger partial charge in [0, 0.05) is 44.1 Å². The third kappa shape index (κ3) is 4.75. The molecule has 0 bridgehead atoms. The van der Waals surface area contributed by atoms with Crippen LogP contribution in [0.3, 0.4) is 0 Å². The molecule has 2 fully saturated rings. The van der Waals surface area contributed by atoms with Crippen molar-refractivity contribution in [2.75, 3.05) is 50.0 Å². The molecule has 1 heterocycles. The Morgan fingerprint density at radius 3 is 2.27 bits per heavy atom. The van der Waals surface area contributed by atoms with E-state index in [4.69, 9.17) is 0 Å². The number of benzene rings is 1. The second-order valence-corrected chi connectivity index (χ2v) is 7.91. The van der Waals surface area contributed by atoms with Crippen LogP contribution in [0.4, 0.5) is 11.4 Å². The minimum Gasteiger partial charge on any atom is -0.369 e. The molecule has 0 radical (unpaired) electrons. The molecule has 1 aromatic rings. The number of carbonyl (C=O) groups excluding carboxylic acids is 2. The first-order valence-corrected chi connectivity index (χ1v) is 9.56. The van der Waals surface area contributed by atoms with Gasteiger partial charge in [-0.3, -0.25) is 9.59 Å². The summed E-state index contributed by atoms with van der Waals surface area (Å²) in [7, 11) is 2.14. The first-order chi connectivity index (χ1) is 12.4. The van der Waals surface area contributed by atoms with Gasteiger partial charge in [-0.1, -0.05) is 13.8 Å². The maximum Gasteiger partial charge on any atom is 0.228 e. The average molecular weight is 358 g/mol. The zero-order valence-corrected chi connectivity index (χ0v) is 16.0. The molecule has 0 aromatic heterocycles. The number of likely N-dealkylation sites (N-methyl/N-ethyl adjacent to an activating group) is 1. The first kappa shape index (κ1) is 18.7. The second-order valence-electron chi connectivity index (χ2n) is 7.91. The Balaban J connectivity index is 1.47. The van der Waals surface area contributed by atoms with Crippen molar-refractivity contribution in [2.45, 2.75) is 20.3 Å². The van der Waals surface area contributed by atoms with Crippen molar-refractivity contribution in [2.24, 2.45) is 17.8 Å². The molecule has 26 heavy (non-hydrogen) atoms. The van der Waals surface area contributed by atoms with Crippen molar-refractivity contribution in [3.8, 4) is 0 Å². The second kappa shape index (κ2) is 8.08. The lowest BCUT2D eigenvalue weighted by Crippen LogP contribution is -2.44. The van der Waals surface area contributed by atoms with Crippen molar-refractivity contribution in [1.29, 1.82) is 0 Å². The molecule has 1 saturated heterocycles. The molecule has 2 N–H and O–H groups in total. The van der Waals surface area contributed by atoms with Gasteiger partial charge in [0.25, 0.3) is 0 Å². The Morgan fingerprint density at radius 1 is 1.04 bits per heavy atom. The van der Waals surface area contributed by atoms with E-state index in [0.717, 1.165) is 31.9 Å². The van der Waals surface area contributed by atoms with Gasteiger partial charge in [0.05, 0.1) is 11.8 Å². The number of anilines is 2. The van der Waals surface area contributed by atoms with Gasteiger partial charge in [-0.15, -0.1) is 0 Å². The van der Waals surface area contributed by atoms with Crippen LogP contribution in [-0.2, 0) is 9.59 Å². The Hall–Kier alpha value is -2.08. The minimum absolute atomic E-state index is 0.00395. The quantitative estimate of drug-likeness (QED) is 0.814. The summed E-state index contributed by atoms with van der Waals surface area (Å²) in [6, 6.07) is 8.00. The highest BCUT2D eigenvalue weighted by atomic mass is 16.2. The van der Waals surface area contributed by atoms with Crippen LogP contribution in [0.5, 0.6) is 0 Å². The molecular weight excluding hydrogens is 328 g/mol. The van der Waals surface area contributed by atoms with Crippen molar-refractivity contribution in [3.05, 3.63) is 24.3 Å². The number of piperazine rings is 1. The van der Waals surface area contributed by atoms with Crippen molar-refractivity contribution < 1.29 is 9.59 Å².